The highest BCUT2D eigenvalue weighted by Gasteiger charge is 2.29. The second kappa shape index (κ2) is 8.55. The molecule has 1 aromatic heterocycles. The van der Waals surface area contributed by atoms with Crippen LogP contribution < -0.4 is 10.2 Å². The van der Waals surface area contributed by atoms with Gasteiger partial charge < -0.3 is 14.6 Å². The highest BCUT2D eigenvalue weighted by Crippen LogP contribution is 2.45. The number of amides is 1. The van der Waals surface area contributed by atoms with Gasteiger partial charge >= 0.3 is 0 Å². The van der Waals surface area contributed by atoms with Gasteiger partial charge in [0.25, 0.3) is 5.91 Å². The van der Waals surface area contributed by atoms with E-state index in [4.69, 9.17) is 4.42 Å². The number of hydrogen-bond acceptors (Lipinski definition) is 4. The van der Waals surface area contributed by atoms with Crippen LogP contribution in [0, 0.1) is 0 Å². The predicted octanol–water partition coefficient (Wildman–Crippen LogP) is 2.91. The molecule has 1 atom stereocenters. The molecule has 1 amide bonds. The van der Waals surface area contributed by atoms with Gasteiger partial charge in [0.1, 0.15) is 0 Å². The van der Waals surface area contributed by atoms with Gasteiger partial charge in [-0.3, -0.25) is 4.79 Å². The molecule has 138 valence electrons. The van der Waals surface area contributed by atoms with E-state index in [1.54, 1.807) is 6.26 Å². The monoisotopic (exact) mass is 389 g/mol. The Morgan fingerprint density at radius 2 is 1.88 bits per heavy atom. The molecule has 2 aromatic rings. The Morgan fingerprint density at radius 1 is 1.15 bits per heavy atom. The van der Waals surface area contributed by atoms with Crippen molar-refractivity contribution >= 4 is 29.4 Å². The molecule has 4 rings (SSSR count). The lowest BCUT2D eigenvalue weighted by Gasteiger charge is -2.23. The molecule has 2 aliphatic heterocycles. The zero-order chi connectivity index (χ0) is 17.8. The van der Waals surface area contributed by atoms with E-state index in [9.17, 15) is 4.79 Å². The van der Waals surface area contributed by atoms with Crippen LogP contribution in [0.5, 0.6) is 0 Å². The first-order valence-electron chi connectivity index (χ1n) is 9.30. The van der Waals surface area contributed by atoms with E-state index in [-0.39, 0.29) is 11.9 Å². The summed E-state index contributed by atoms with van der Waals surface area (Å²) < 4.78 is 6.16. The summed E-state index contributed by atoms with van der Waals surface area (Å²) in [6.45, 7) is 2.90. The molecular formula is C20H25N2O2S2+. The summed E-state index contributed by atoms with van der Waals surface area (Å²) in [7, 11) is 0. The standard InChI is InChI=1S/C20H24N2O2S2/c23-19(15-5-7-16(8-6-15)20-25-12-13-26-20)21-14-17(18-4-3-11-24-18)22-9-1-2-10-22/h3-8,11,17,20H,1-2,9-10,12-14H2,(H,21,23)/p+1/t17-/m0/s1. The average molecular weight is 390 g/mol. The van der Waals surface area contributed by atoms with E-state index in [0.29, 0.717) is 11.1 Å². The summed E-state index contributed by atoms with van der Waals surface area (Å²) in [6, 6.07) is 12.2. The van der Waals surface area contributed by atoms with Crippen LogP contribution in [0.25, 0.3) is 0 Å². The van der Waals surface area contributed by atoms with E-state index in [0.717, 1.165) is 24.4 Å². The zero-order valence-corrected chi connectivity index (χ0v) is 16.4. The first-order valence-corrected chi connectivity index (χ1v) is 11.4. The van der Waals surface area contributed by atoms with Gasteiger partial charge in [-0.2, -0.15) is 0 Å². The summed E-state index contributed by atoms with van der Waals surface area (Å²) in [4.78, 5) is 14.1. The van der Waals surface area contributed by atoms with E-state index in [1.165, 1.54) is 34.8 Å². The SMILES string of the molecule is O=C(NC[C@@H](c1ccco1)[NH+]1CCCC1)c1ccc(C2SCCS2)cc1. The second-order valence-corrected chi connectivity index (χ2v) is 9.56. The maximum Gasteiger partial charge on any atom is 0.251 e. The Kier molecular flexibility index (Phi) is 5.92. The van der Waals surface area contributed by atoms with Crippen LogP contribution in [0.15, 0.2) is 47.1 Å². The van der Waals surface area contributed by atoms with Crippen molar-refractivity contribution in [2.75, 3.05) is 31.1 Å². The van der Waals surface area contributed by atoms with Crippen LogP contribution >= 0.6 is 23.5 Å². The highest BCUT2D eigenvalue weighted by atomic mass is 32.2. The number of thioether (sulfide) groups is 2. The molecule has 0 saturated carbocycles. The number of likely N-dealkylation sites (tertiary alicyclic amines) is 1. The lowest BCUT2D eigenvalue weighted by Crippen LogP contribution is -3.11. The van der Waals surface area contributed by atoms with E-state index < -0.39 is 0 Å². The van der Waals surface area contributed by atoms with Crippen molar-refractivity contribution in [1.29, 1.82) is 0 Å². The number of carbonyl (C=O) groups is 1. The molecule has 0 aliphatic carbocycles. The minimum atomic E-state index is -0.00145. The van der Waals surface area contributed by atoms with Crippen LogP contribution in [-0.4, -0.2) is 37.0 Å². The Labute approximate surface area is 163 Å². The van der Waals surface area contributed by atoms with Crippen molar-refractivity contribution in [3.05, 3.63) is 59.5 Å². The number of benzene rings is 1. The number of carbonyl (C=O) groups excluding carboxylic acids is 1. The van der Waals surface area contributed by atoms with Gasteiger partial charge in [-0.25, -0.2) is 0 Å². The third-order valence-corrected chi connectivity index (χ3v) is 8.26. The third kappa shape index (κ3) is 4.13. The number of quaternary nitrogens is 1. The predicted molar refractivity (Wildman–Crippen MR) is 108 cm³/mol. The van der Waals surface area contributed by atoms with Gasteiger partial charge in [0, 0.05) is 29.9 Å². The molecule has 4 nitrogen and oxygen atoms in total. The van der Waals surface area contributed by atoms with E-state index in [2.05, 4.69) is 17.4 Å². The largest absolute Gasteiger partial charge is 0.463 e. The van der Waals surface area contributed by atoms with Crippen LogP contribution in [0.4, 0.5) is 0 Å². The van der Waals surface area contributed by atoms with Crippen LogP contribution in [0.2, 0.25) is 0 Å². The topological polar surface area (TPSA) is 46.7 Å². The first-order chi connectivity index (χ1) is 12.8. The van der Waals surface area contributed by atoms with Gasteiger partial charge in [0.05, 0.1) is 30.5 Å². The molecule has 0 bridgehead atoms. The molecule has 0 radical (unpaired) electrons. The molecule has 2 saturated heterocycles. The Hall–Kier alpha value is -1.37. The molecule has 2 aliphatic rings. The van der Waals surface area contributed by atoms with Crippen molar-refractivity contribution < 1.29 is 14.1 Å². The smallest absolute Gasteiger partial charge is 0.251 e. The lowest BCUT2D eigenvalue weighted by atomic mass is 10.1. The quantitative estimate of drug-likeness (QED) is 0.798. The number of hydrogen-bond donors (Lipinski definition) is 2. The van der Waals surface area contributed by atoms with Crippen LogP contribution in [0.3, 0.4) is 0 Å². The zero-order valence-electron chi connectivity index (χ0n) is 14.8. The Morgan fingerprint density at radius 3 is 2.54 bits per heavy atom. The number of nitrogens with one attached hydrogen (secondary N) is 2. The minimum Gasteiger partial charge on any atom is -0.463 e. The minimum absolute atomic E-state index is 0.00145. The van der Waals surface area contributed by atoms with Gasteiger partial charge in [-0.05, 0) is 29.8 Å². The molecule has 0 unspecified atom stereocenters. The van der Waals surface area contributed by atoms with Crippen molar-refractivity contribution in [2.24, 2.45) is 0 Å². The summed E-state index contributed by atoms with van der Waals surface area (Å²) in [5, 5.41) is 3.12. The first kappa shape index (κ1) is 18.0. The van der Waals surface area contributed by atoms with Crippen LogP contribution in [0.1, 0.15) is 45.1 Å². The van der Waals surface area contributed by atoms with E-state index >= 15 is 0 Å². The van der Waals surface area contributed by atoms with E-state index in [1.807, 2.05) is 47.8 Å². The summed E-state index contributed by atoms with van der Waals surface area (Å²) in [5.41, 5.74) is 2.04. The van der Waals surface area contributed by atoms with Crippen molar-refractivity contribution in [3.63, 3.8) is 0 Å². The van der Waals surface area contributed by atoms with Gasteiger partial charge in [0.2, 0.25) is 0 Å². The normalized spacial score (nSPS) is 19.7. The van der Waals surface area contributed by atoms with Gasteiger partial charge in [-0.15, -0.1) is 23.5 Å². The fourth-order valence-corrected chi connectivity index (χ4v) is 6.61. The number of rotatable bonds is 6. The highest BCUT2D eigenvalue weighted by molar-refractivity contribution is 8.19. The summed E-state index contributed by atoms with van der Waals surface area (Å²) in [5.74, 6) is 3.39. The molecule has 3 heterocycles. The van der Waals surface area contributed by atoms with Crippen molar-refractivity contribution in [2.45, 2.75) is 23.5 Å². The summed E-state index contributed by atoms with van der Waals surface area (Å²) >= 11 is 3.97. The molecule has 0 spiro atoms. The molecule has 2 N–H and O–H groups in total. The lowest BCUT2D eigenvalue weighted by molar-refractivity contribution is -0.919. The fourth-order valence-electron chi connectivity index (χ4n) is 3.75. The van der Waals surface area contributed by atoms with Gasteiger partial charge in [0.15, 0.2) is 11.8 Å². The second-order valence-electron chi connectivity index (χ2n) is 6.84. The fraction of sp³-hybridized carbons (Fsp3) is 0.450. The van der Waals surface area contributed by atoms with Gasteiger partial charge in [-0.1, -0.05) is 12.1 Å². The molecule has 26 heavy (non-hydrogen) atoms. The molecule has 2 fully saturated rings. The Bertz CT molecular complexity index is 706. The molecule has 1 aromatic carbocycles. The average Bonchev–Trinajstić information content (AvgIpc) is 3.45. The van der Waals surface area contributed by atoms with Crippen molar-refractivity contribution in [1.82, 2.24) is 5.32 Å². The maximum atomic E-state index is 12.6. The van der Waals surface area contributed by atoms with Crippen molar-refractivity contribution in [3.8, 4) is 0 Å². The Balaban J connectivity index is 1.38. The maximum absolute atomic E-state index is 12.6. The molecule has 6 heteroatoms. The molecular weight excluding hydrogens is 364 g/mol. The number of furan rings is 1. The summed E-state index contributed by atoms with van der Waals surface area (Å²) in [6.07, 6.45) is 4.22. The van der Waals surface area contributed by atoms with Crippen LogP contribution in [-0.2, 0) is 0 Å². The third-order valence-electron chi connectivity index (χ3n) is 5.16.